The minimum atomic E-state index is -0.934. The van der Waals surface area contributed by atoms with Crippen LogP contribution in [0.3, 0.4) is 0 Å². The van der Waals surface area contributed by atoms with Crippen LogP contribution in [0.5, 0.6) is 11.5 Å². The van der Waals surface area contributed by atoms with Crippen molar-refractivity contribution in [2.45, 2.75) is 109 Å². The number of amides is 3. The van der Waals surface area contributed by atoms with Crippen molar-refractivity contribution in [2.24, 2.45) is 23.0 Å². The lowest BCUT2D eigenvalue weighted by atomic mass is 9.85. The minimum Gasteiger partial charge on any atom is -0.491 e. The van der Waals surface area contributed by atoms with Gasteiger partial charge in [0.2, 0.25) is 11.8 Å². The van der Waals surface area contributed by atoms with Crippen LogP contribution in [0.15, 0.2) is 18.2 Å². The third-order valence-corrected chi connectivity index (χ3v) is 12.0. The van der Waals surface area contributed by atoms with Crippen molar-refractivity contribution in [3.8, 4) is 11.5 Å². The largest absolute Gasteiger partial charge is 0.491 e. The molecule has 0 bridgehead atoms. The quantitative estimate of drug-likeness (QED) is 0.309. The van der Waals surface area contributed by atoms with Crippen LogP contribution in [0.4, 0.5) is 4.79 Å². The maximum Gasteiger partial charge on any atom is 0.408 e. The number of hydrogen-bond acceptors (Lipinski definition) is 9. The first kappa shape index (κ1) is 37.0. The number of alkyl carbamates (subject to hydrolysis) is 1. The summed E-state index contributed by atoms with van der Waals surface area (Å²) in [5.74, 6) is 1.74. The lowest BCUT2D eigenvalue weighted by Crippen LogP contribution is -2.57. The number of nitrogens with zero attached hydrogens (tertiary/aromatic N) is 3. The summed E-state index contributed by atoms with van der Waals surface area (Å²) in [4.78, 5) is 48.9. The van der Waals surface area contributed by atoms with Crippen LogP contribution in [0.1, 0.15) is 90.2 Å². The SMILES string of the molecule is CC(C)(C)[C@H](NC(=O)O[C@@H]1C[C@@H]2C[C@@H]2C1)C(=O)N1C[C@H](Oc2cc(C3CCCCC3)nc3c(Cl)c(OCCN4CCOCC4)ccc23)C[C@H]1C(N)=O. The van der Waals surface area contributed by atoms with E-state index in [1.54, 1.807) is 0 Å². The molecule has 0 radical (unpaired) electrons. The van der Waals surface area contributed by atoms with Gasteiger partial charge in [0.25, 0.3) is 0 Å². The zero-order valence-electron chi connectivity index (χ0n) is 30.7. The summed E-state index contributed by atoms with van der Waals surface area (Å²) in [5.41, 5.74) is 6.77. The average Bonchev–Trinajstić information content (AvgIpc) is 3.50. The van der Waals surface area contributed by atoms with Crippen molar-refractivity contribution in [3.05, 3.63) is 28.9 Å². The van der Waals surface area contributed by atoms with Crippen molar-refractivity contribution >= 4 is 40.4 Å². The maximum atomic E-state index is 14.2. The lowest BCUT2D eigenvalue weighted by molar-refractivity contribution is -0.141. The van der Waals surface area contributed by atoms with E-state index >= 15 is 0 Å². The monoisotopic (exact) mass is 739 g/mol. The number of morpholine rings is 1. The first-order valence-corrected chi connectivity index (χ1v) is 19.6. The molecule has 7 rings (SSSR count). The highest BCUT2D eigenvalue weighted by molar-refractivity contribution is 6.36. The molecule has 1 aromatic carbocycles. The zero-order chi connectivity index (χ0) is 36.6. The van der Waals surface area contributed by atoms with E-state index in [1.807, 2.05) is 39.0 Å². The molecule has 0 spiro atoms. The number of halogens is 1. The van der Waals surface area contributed by atoms with Gasteiger partial charge in [-0.3, -0.25) is 19.5 Å². The Morgan fingerprint density at radius 2 is 1.75 bits per heavy atom. The van der Waals surface area contributed by atoms with Gasteiger partial charge in [-0.2, -0.15) is 0 Å². The first-order chi connectivity index (χ1) is 24.9. The van der Waals surface area contributed by atoms with Crippen LogP contribution in [0.25, 0.3) is 10.9 Å². The number of likely N-dealkylation sites (tertiary alicyclic amines) is 1. The number of carbonyl (C=O) groups excluding carboxylic acids is 3. The van der Waals surface area contributed by atoms with Gasteiger partial charge in [-0.05, 0) is 61.5 Å². The Morgan fingerprint density at radius 3 is 2.44 bits per heavy atom. The number of nitrogens with one attached hydrogen (secondary N) is 1. The van der Waals surface area contributed by atoms with Gasteiger partial charge >= 0.3 is 6.09 Å². The molecule has 3 saturated carbocycles. The van der Waals surface area contributed by atoms with E-state index in [0.717, 1.165) is 82.5 Å². The molecule has 0 unspecified atom stereocenters. The Kier molecular flexibility index (Phi) is 11.1. The molecule has 52 heavy (non-hydrogen) atoms. The first-order valence-electron chi connectivity index (χ1n) is 19.2. The van der Waals surface area contributed by atoms with E-state index in [0.29, 0.717) is 40.5 Å². The third-order valence-electron chi connectivity index (χ3n) is 11.7. The standard InChI is InChI=1S/C39H54ClN5O7/c1-39(2,3)35(43-38(48)52-26-18-24-17-25(24)19-26)37(47)45-22-27(20-30(45)36(41)46)51-32-21-29(23-7-5-4-6-8-23)42-34-28(32)9-10-31(33(34)40)50-16-13-44-11-14-49-15-12-44/h9-10,21,23-27,30,35H,4-8,11-20,22H2,1-3H3,(H2,41,46)(H,43,48)/t24-,25+,26+,27-,30+,35-/m1/s1. The van der Waals surface area contributed by atoms with Crippen LogP contribution in [0, 0.1) is 17.3 Å². The normalized spacial score (nSPS) is 27.2. The molecule has 1 aromatic heterocycles. The van der Waals surface area contributed by atoms with E-state index < -0.39 is 41.5 Å². The van der Waals surface area contributed by atoms with Gasteiger partial charge < -0.3 is 34.9 Å². The molecule has 2 aromatic rings. The summed E-state index contributed by atoms with van der Waals surface area (Å²) < 4.78 is 24.1. The Hall–Kier alpha value is -3.35. The number of ether oxygens (including phenoxy) is 4. The molecule has 3 amide bonds. The summed E-state index contributed by atoms with van der Waals surface area (Å²) in [7, 11) is 0. The second-order valence-corrected chi connectivity index (χ2v) is 16.9. The van der Waals surface area contributed by atoms with E-state index in [1.165, 1.54) is 17.7 Å². The molecule has 12 nitrogen and oxygen atoms in total. The van der Waals surface area contributed by atoms with E-state index in [4.69, 9.17) is 41.3 Å². The third kappa shape index (κ3) is 8.39. The molecule has 5 aliphatic rings. The molecule has 3 aliphatic carbocycles. The Labute approximate surface area is 311 Å². The number of carbonyl (C=O) groups is 3. The van der Waals surface area contributed by atoms with Crippen LogP contribution in [0.2, 0.25) is 5.02 Å². The van der Waals surface area contributed by atoms with Gasteiger partial charge in [-0.1, -0.05) is 51.6 Å². The van der Waals surface area contributed by atoms with Gasteiger partial charge in [0, 0.05) is 49.1 Å². The fraction of sp³-hybridized carbons (Fsp3) is 0.692. The van der Waals surface area contributed by atoms with Crippen molar-refractivity contribution in [3.63, 3.8) is 0 Å². The number of benzene rings is 1. The van der Waals surface area contributed by atoms with Crippen molar-refractivity contribution in [1.82, 2.24) is 20.1 Å². The molecule has 5 fully saturated rings. The molecule has 3 N–H and O–H groups in total. The summed E-state index contributed by atoms with van der Waals surface area (Å²) in [6.07, 6.45) is 7.46. The minimum absolute atomic E-state index is 0.123. The van der Waals surface area contributed by atoms with E-state index in [2.05, 4.69) is 10.2 Å². The van der Waals surface area contributed by atoms with Crippen molar-refractivity contribution < 1.29 is 33.3 Å². The van der Waals surface area contributed by atoms with Gasteiger partial charge in [-0.25, -0.2) is 4.79 Å². The highest BCUT2D eigenvalue weighted by Crippen LogP contribution is 2.52. The number of pyridine rings is 1. The molecule has 284 valence electrons. The number of aromatic nitrogens is 1. The number of nitrogens with two attached hydrogens (primary N) is 1. The van der Waals surface area contributed by atoms with Gasteiger partial charge in [-0.15, -0.1) is 0 Å². The number of primary amides is 1. The van der Waals surface area contributed by atoms with Crippen LogP contribution in [-0.2, 0) is 19.1 Å². The second kappa shape index (κ2) is 15.6. The summed E-state index contributed by atoms with van der Waals surface area (Å²) in [6.45, 7) is 10.2. The predicted molar refractivity (Wildman–Crippen MR) is 197 cm³/mol. The Morgan fingerprint density at radius 1 is 1.02 bits per heavy atom. The number of rotatable bonds is 11. The second-order valence-electron chi connectivity index (χ2n) is 16.5. The van der Waals surface area contributed by atoms with Gasteiger partial charge in [0.15, 0.2) is 0 Å². The molecule has 13 heteroatoms. The van der Waals surface area contributed by atoms with E-state index in [9.17, 15) is 14.4 Å². The molecular weight excluding hydrogens is 686 g/mol. The van der Waals surface area contributed by atoms with Gasteiger partial charge in [0.1, 0.15) is 47.4 Å². The van der Waals surface area contributed by atoms with Crippen LogP contribution < -0.4 is 20.5 Å². The topological polar surface area (TPSA) is 146 Å². The highest BCUT2D eigenvalue weighted by Gasteiger charge is 2.48. The lowest BCUT2D eigenvalue weighted by Gasteiger charge is -2.35. The van der Waals surface area contributed by atoms with Crippen LogP contribution in [-0.4, -0.2) is 103 Å². The molecular formula is C39H54ClN5O7. The van der Waals surface area contributed by atoms with Crippen molar-refractivity contribution in [1.29, 1.82) is 0 Å². The molecule has 3 heterocycles. The number of fused-ring (bicyclic) bond motifs is 2. The zero-order valence-corrected chi connectivity index (χ0v) is 31.5. The summed E-state index contributed by atoms with van der Waals surface area (Å²) in [5, 5.41) is 4.00. The fourth-order valence-electron chi connectivity index (χ4n) is 8.60. The van der Waals surface area contributed by atoms with Gasteiger partial charge in [0.05, 0.1) is 25.3 Å². The summed E-state index contributed by atoms with van der Waals surface area (Å²) in [6, 6.07) is 3.93. The smallest absolute Gasteiger partial charge is 0.408 e. The van der Waals surface area contributed by atoms with Crippen molar-refractivity contribution in [2.75, 3.05) is 46.0 Å². The Balaban J connectivity index is 1.10. The molecule has 6 atom stereocenters. The maximum absolute atomic E-state index is 14.2. The fourth-order valence-corrected chi connectivity index (χ4v) is 8.86. The average molecular weight is 740 g/mol. The number of hydrogen-bond donors (Lipinski definition) is 2. The van der Waals surface area contributed by atoms with E-state index in [-0.39, 0.29) is 25.0 Å². The highest BCUT2D eigenvalue weighted by atomic mass is 35.5. The predicted octanol–water partition coefficient (Wildman–Crippen LogP) is 5.42. The molecule has 2 aliphatic heterocycles. The summed E-state index contributed by atoms with van der Waals surface area (Å²) >= 11 is 7.04. The Bertz CT molecular complexity index is 1630. The van der Waals surface area contributed by atoms with Crippen LogP contribution >= 0.6 is 11.6 Å². The molecule has 2 saturated heterocycles.